The highest BCUT2D eigenvalue weighted by Crippen LogP contribution is 2.45. The molecular weight excluding hydrogens is 723 g/mol. The zero-order valence-electron chi connectivity index (χ0n) is 29.5. The number of hydrogen-bond acceptors (Lipinski definition) is 9. The lowest BCUT2D eigenvalue weighted by Crippen LogP contribution is -2.58. The number of amides is 5. The van der Waals surface area contributed by atoms with Gasteiger partial charge in [0, 0.05) is 25.4 Å². The summed E-state index contributed by atoms with van der Waals surface area (Å²) in [5, 5.41) is 3.84. The zero-order chi connectivity index (χ0) is 38.5. The minimum atomic E-state index is -4.94. The van der Waals surface area contributed by atoms with E-state index in [-0.39, 0.29) is 25.9 Å². The Morgan fingerprint density at radius 2 is 1.83 bits per heavy atom. The number of nitrogens with one attached hydrogen (secondary N) is 3. The van der Waals surface area contributed by atoms with Gasteiger partial charge in [0.15, 0.2) is 0 Å². The normalized spacial score (nSPS) is 29.1. The van der Waals surface area contributed by atoms with Crippen molar-refractivity contribution < 1.29 is 55.0 Å². The molecule has 5 atom stereocenters. The largest absolute Gasteiger partial charge is 0.444 e. The topological polar surface area (TPSA) is 181 Å². The maximum atomic E-state index is 14.0. The molecule has 3 heterocycles. The molecule has 2 saturated carbocycles. The fourth-order valence-corrected chi connectivity index (χ4v) is 8.80. The lowest BCUT2D eigenvalue weighted by molar-refractivity contribution is -0.156. The third-order valence-electron chi connectivity index (χ3n) is 10.6. The van der Waals surface area contributed by atoms with Crippen LogP contribution >= 0.6 is 0 Å². The van der Waals surface area contributed by atoms with Gasteiger partial charge in [-0.05, 0) is 75.5 Å². The average molecular weight is 768 g/mol. The van der Waals surface area contributed by atoms with Crippen LogP contribution in [-0.4, -0.2) is 95.4 Å². The van der Waals surface area contributed by atoms with Crippen molar-refractivity contribution in [1.82, 2.24) is 25.2 Å². The summed E-state index contributed by atoms with van der Waals surface area (Å²) in [4.78, 5) is 70.1. The number of rotatable bonds is 7. The van der Waals surface area contributed by atoms with Crippen LogP contribution in [0.25, 0.3) is 0 Å². The smallest absolute Gasteiger partial charge is 0.410 e. The molecule has 14 nitrogen and oxygen atoms in total. The Hall–Kier alpha value is -4.35. The molecule has 290 valence electrons. The highest BCUT2D eigenvalue weighted by Gasteiger charge is 2.62. The van der Waals surface area contributed by atoms with Crippen LogP contribution < -0.4 is 15.4 Å². The number of alkyl halides is 3. The minimum Gasteiger partial charge on any atom is -0.444 e. The fourth-order valence-electron chi connectivity index (χ4n) is 7.44. The molecule has 1 saturated heterocycles. The molecule has 0 spiro atoms. The molecule has 0 radical (unpaired) electrons. The molecule has 1 aromatic carbocycles. The summed E-state index contributed by atoms with van der Waals surface area (Å²) in [5.74, 6) is -3.98. The van der Waals surface area contributed by atoms with Gasteiger partial charge >= 0.3 is 18.4 Å². The number of hydrogen-bond donors (Lipinski definition) is 3. The second-order valence-corrected chi connectivity index (χ2v) is 17.2. The quantitative estimate of drug-likeness (QED) is 0.351. The van der Waals surface area contributed by atoms with Gasteiger partial charge in [0.2, 0.25) is 21.8 Å². The average Bonchev–Trinajstić information content (AvgIpc) is 3.95. The van der Waals surface area contributed by atoms with E-state index < -0.39 is 99.6 Å². The first kappa shape index (κ1) is 38.4. The molecule has 4 bridgehead atoms. The van der Waals surface area contributed by atoms with E-state index in [0.29, 0.717) is 38.5 Å². The molecular formula is C35H44F3N5O9S. The van der Waals surface area contributed by atoms with E-state index in [1.807, 2.05) is 28.2 Å². The standard InChI is InChI=1S/C35H44F3N5O9S/c1-4-22-15-34(22,30(46)41-53(49,50)24-11-12-24)40-28(44)27-14-23-18-43(27)29(45)26(16-35(36,37)38)39-31(47)52-33(2,3)13-6-5-8-20-9-7-10-21-17-42(19-25(20)21)32(48)51-23/h4,7,9-10,22-24,26-27H,1,5-6,8,11-19H2,2-3H3,(H,39,47)(H,40,44)(H,41,46)/t22-,23+,26-,27-,34+/m0/s1. The van der Waals surface area contributed by atoms with Crippen LogP contribution in [0.1, 0.15) is 81.9 Å². The van der Waals surface area contributed by atoms with Crippen molar-refractivity contribution in [3.8, 4) is 0 Å². The number of fused-ring (bicyclic) bond motifs is 3. The highest BCUT2D eigenvalue weighted by molar-refractivity contribution is 7.91. The van der Waals surface area contributed by atoms with Gasteiger partial charge < -0.3 is 25.0 Å². The molecule has 5 amide bonds. The summed E-state index contributed by atoms with van der Waals surface area (Å²) in [6, 6.07) is 1.98. The Morgan fingerprint density at radius 1 is 1.11 bits per heavy atom. The number of nitrogens with zero attached hydrogens (tertiary/aromatic N) is 2. The van der Waals surface area contributed by atoms with E-state index in [9.17, 15) is 45.6 Å². The summed E-state index contributed by atoms with van der Waals surface area (Å²) < 4.78 is 80.1. The Balaban J connectivity index is 1.29. The maximum Gasteiger partial charge on any atom is 0.410 e. The first-order valence-electron chi connectivity index (χ1n) is 17.7. The highest BCUT2D eigenvalue weighted by atomic mass is 32.2. The summed E-state index contributed by atoms with van der Waals surface area (Å²) in [5.41, 5.74) is 0.0771. The van der Waals surface area contributed by atoms with Crippen LogP contribution in [0, 0.1) is 5.92 Å². The van der Waals surface area contributed by atoms with Crippen molar-refractivity contribution in [2.75, 3.05) is 6.54 Å². The SMILES string of the molecule is C=C[C@H]1C[C@]1(NC(=O)[C@@H]1C[C@@H]2CN1C(=O)[C@H](CC(F)(F)F)NC(=O)OC(C)(C)CCCCc1cccc3c1CN(C3)C(=O)O2)C(=O)NS(=O)(=O)C1CC1. The number of benzene rings is 1. The summed E-state index contributed by atoms with van der Waals surface area (Å²) in [6.45, 7) is 6.85. The maximum absolute atomic E-state index is 14.0. The van der Waals surface area contributed by atoms with Gasteiger partial charge in [-0.1, -0.05) is 24.3 Å². The molecule has 1 aromatic rings. The van der Waals surface area contributed by atoms with E-state index in [1.165, 1.54) is 11.0 Å². The number of halogens is 3. The van der Waals surface area contributed by atoms with Crippen LogP contribution in [0.3, 0.4) is 0 Å². The van der Waals surface area contributed by atoms with E-state index in [4.69, 9.17) is 9.47 Å². The molecule has 0 unspecified atom stereocenters. The lowest BCUT2D eigenvalue weighted by atomic mass is 9.95. The molecule has 3 N–H and O–H groups in total. The number of alkyl carbamates (subject to hydrolysis) is 1. The molecule has 5 aliphatic rings. The molecule has 0 aromatic heterocycles. The molecule has 3 aliphatic heterocycles. The molecule has 2 aliphatic carbocycles. The van der Waals surface area contributed by atoms with Gasteiger partial charge in [0.25, 0.3) is 5.91 Å². The van der Waals surface area contributed by atoms with E-state index in [0.717, 1.165) is 21.6 Å². The van der Waals surface area contributed by atoms with E-state index >= 15 is 0 Å². The minimum absolute atomic E-state index is 0.0231. The van der Waals surface area contributed by atoms with Crippen LogP contribution in [-0.2, 0) is 53.4 Å². The lowest BCUT2D eigenvalue weighted by Gasteiger charge is -2.31. The monoisotopic (exact) mass is 767 g/mol. The van der Waals surface area contributed by atoms with Gasteiger partial charge in [-0.15, -0.1) is 6.58 Å². The first-order chi connectivity index (χ1) is 24.8. The predicted molar refractivity (Wildman–Crippen MR) is 181 cm³/mol. The van der Waals surface area contributed by atoms with Crippen molar-refractivity contribution in [2.24, 2.45) is 5.92 Å². The number of carbonyl (C=O) groups excluding carboxylic acids is 5. The molecule has 3 fully saturated rings. The number of cyclic esters (lactones) is 1. The van der Waals surface area contributed by atoms with Gasteiger partial charge in [-0.2, -0.15) is 13.2 Å². The predicted octanol–water partition coefficient (Wildman–Crippen LogP) is 3.33. The number of sulfonamides is 1. The Labute approximate surface area is 305 Å². The number of carbonyl (C=O) groups is 5. The summed E-state index contributed by atoms with van der Waals surface area (Å²) in [7, 11) is -4.02. The van der Waals surface area contributed by atoms with Gasteiger partial charge in [0.1, 0.15) is 29.3 Å². The van der Waals surface area contributed by atoms with Crippen molar-refractivity contribution >= 4 is 39.9 Å². The number of aryl methyl sites for hydroxylation is 1. The number of ether oxygens (including phenoxy) is 2. The second kappa shape index (κ2) is 14.1. The van der Waals surface area contributed by atoms with Gasteiger partial charge in [0.05, 0.1) is 18.2 Å². The van der Waals surface area contributed by atoms with E-state index in [1.54, 1.807) is 13.8 Å². The summed E-state index contributed by atoms with van der Waals surface area (Å²) >= 11 is 0. The van der Waals surface area contributed by atoms with Gasteiger partial charge in [-0.25, -0.2) is 18.0 Å². The van der Waals surface area contributed by atoms with Crippen molar-refractivity contribution in [3.63, 3.8) is 0 Å². The van der Waals surface area contributed by atoms with Crippen LogP contribution in [0.4, 0.5) is 22.8 Å². The Kier molecular flexibility index (Phi) is 10.2. The van der Waals surface area contributed by atoms with Crippen molar-refractivity contribution in [2.45, 2.75) is 125 Å². The Morgan fingerprint density at radius 3 is 2.49 bits per heavy atom. The zero-order valence-corrected chi connectivity index (χ0v) is 30.3. The Bertz CT molecular complexity index is 1800. The molecule has 53 heavy (non-hydrogen) atoms. The van der Waals surface area contributed by atoms with Crippen molar-refractivity contribution in [3.05, 3.63) is 47.5 Å². The van der Waals surface area contributed by atoms with Crippen molar-refractivity contribution in [1.29, 1.82) is 0 Å². The first-order valence-corrected chi connectivity index (χ1v) is 19.3. The summed E-state index contributed by atoms with van der Waals surface area (Å²) in [6.07, 6.45) is -5.86. The van der Waals surface area contributed by atoms with Crippen LogP contribution in [0.15, 0.2) is 30.9 Å². The second-order valence-electron chi connectivity index (χ2n) is 15.2. The van der Waals surface area contributed by atoms with E-state index in [2.05, 4.69) is 11.9 Å². The third kappa shape index (κ3) is 8.57. The fraction of sp³-hybridized carbons (Fsp3) is 0.629. The van der Waals surface area contributed by atoms with Crippen LogP contribution in [0.2, 0.25) is 0 Å². The van der Waals surface area contributed by atoms with Crippen LogP contribution in [0.5, 0.6) is 0 Å². The molecule has 6 rings (SSSR count). The third-order valence-corrected chi connectivity index (χ3v) is 12.4. The van der Waals surface area contributed by atoms with Gasteiger partial charge in [-0.3, -0.25) is 24.0 Å². The molecule has 18 heteroatoms.